The van der Waals surface area contributed by atoms with Crippen LogP contribution in [0.1, 0.15) is 0 Å². The second-order valence-electron chi connectivity index (χ2n) is 3.77. The SMILES string of the molecule is NS(=O)(=O)c1ccc(N(Br)c2ccccc2Cl)cc1. The molecule has 0 spiro atoms. The first kappa shape index (κ1) is 14.3. The maximum Gasteiger partial charge on any atom is 0.238 e. The third-order valence-corrected chi connectivity index (χ3v) is 4.50. The van der Waals surface area contributed by atoms with Crippen molar-refractivity contribution >= 4 is 49.1 Å². The normalized spacial score (nSPS) is 11.3. The first-order chi connectivity index (χ1) is 8.89. The summed E-state index contributed by atoms with van der Waals surface area (Å²) in [7, 11) is -3.68. The van der Waals surface area contributed by atoms with E-state index < -0.39 is 10.0 Å². The number of anilines is 2. The molecule has 2 aromatic rings. The number of para-hydroxylation sites is 1. The van der Waals surface area contributed by atoms with Crippen molar-refractivity contribution in [3.8, 4) is 0 Å². The van der Waals surface area contributed by atoms with Gasteiger partial charge in [0.1, 0.15) is 0 Å². The minimum absolute atomic E-state index is 0.0660. The molecule has 0 saturated heterocycles. The maximum absolute atomic E-state index is 11.2. The van der Waals surface area contributed by atoms with E-state index in [9.17, 15) is 8.42 Å². The van der Waals surface area contributed by atoms with E-state index in [4.69, 9.17) is 16.7 Å². The van der Waals surface area contributed by atoms with Crippen molar-refractivity contribution in [3.63, 3.8) is 0 Å². The first-order valence-electron chi connectivity index (χ1n) is 5.23. The van der Waals surface area contributed by atoms with Gasteiger partial charge >= 0.3 is 0 Å². The van der Waals surface area contributed by atoms with Crippen molar-refractivity contribution in [2.45, 2.75) is 4.90 Å². The van der Waals surface area contributed by atoms with Crippen LogP contribution in [0.5, 0.6) is 0 Å². The van der Waals surface area contributed by atoms with Gasteiger partial charge in [-0.1, -0.05) is 23.7 Å². The third kappa shape index (κ3) is 3.27. The van der Waals surface area contributed by atoms with Crippen LogP contribution in [0.25, 0.3) is 0 Å². The minimum Gasteiger partial charge on any atom is -0.276 e. The van der Waals surface area contributed by atoms with Crippen molar-refractivity contribution in [2.75, 3.05) is 3.93 Å². The molecule has 0 fully saturated rings. The average Bonchev–Trinajstić information content (AvgIpc) is 2.38. The molecule has 4 nitrogen and oxygen atoms in total. The summed E-state index contributed by atoms with van der Waals surface area (Å²) in [6.07, 6.45) is 0. The van der Waals surface area contributed by atoms with E-state index in [1.807, 2.05) is 18.2 Å². The molecule has 0 aliphatic heterocycles. The van der Waals surface area contributed by atoms with Gasteiger partial charge in [-0.2, -0.15) is 0 Å². The molecule has 0 aliphatic carbocycles. The van der Waals surface area contributed by atoms with E-state index in [2.05, 4.69) is 16.1 Å². The smallest absolute Gasteiger partial charge is 0.238 e. The Labute approximate surface area is 125 Å². The standard InChI is InChI=1S/C12H10BrClN2O2S/c13-16(12-4-2-1-3-11(12)14)9-5-7-10(8-6-9)19(15,17)18/h1-8H,(H2,15,17,18). The molecule has 0 heterocycles. The number of hydrogen-bond donors (Lipinski definition) is 1. The molecule has 0 aromatic heterocycles. The topological polar surface area (TPSA) is 63.4 Å². The highest BCUT2D eigenvalue weighted by atomic mass is 79.9. The molecule has 19 heavy (non-hydrogen) atoms. The van der Waals surface area contributed by atoms with Crippen LogP contribution in [0.2, 0.25) is 5.02 Å². The highest BCUT2D eigenvalue weighted by Gasteiger charge is 2.11. The fourth-order valence-corrected chi connectivity index (χ4v) is 2.90. The van der Waals surface area contributed by atoms with Gasteiger partial charge in [0.15, 0.2) is 0 Å². The quantitative estimate of drug-likeness (QED) is 0.852. The highest BCUT2D eigenvalue weighted by Crippen LogP contribution is 2.34. The molecule has 2 aromatic carbocycles. The van der Waals surface area contributed by atoms with Crippen LogP contribution < -0.4 is 9.06 Å². The maximum atomic E-state index is 11.2. The Balaban J connectivity index is 2.36. The number of primary sulfonamides is 1. The van der Waals surface area contributed by atoms with Crippen LogP contribution in [-0.4, -0.2) is 8.42 Å². The van der Waals surface area contributed by atoms with Gasteiger partial charge in [-0.15, -0.1) is 0 Å². The predicted octanol–water partition coefficient (Wildman–Crippen LogP) is 3.44. The van der Waals surface area contributed by atoms with Gasteiger partial charge in [0.25, 0.3) is 0 Å². The summed E-state index contributed by atoms with van der Waals surface area (Å²) in [6, 6.07) is 13.4. The van der Waals surface area contributed by atoms with Crippen molar-refractivity contribution in [2.24, 2.45) is 5.14 Å². The van der Waals surface area contributed by atoms with Gasteiger partial charge in [-0.25, -0.2) is 13.6 Å². The Morgan fingerprint density at radius 3 is 2.16 bits per heavy atom. The largest absolute Gasteiger partial charge is 0.276 e. The molecule has 2 rings (SSSR count). The number of halogens is 2. The lowest BCUT2D eigenvalue weighted by Gasteiger charge is -2.18. The van der Waals surface area contributed by atoms with Gasteiger partial charge < -0.3 is 0 Å². The van der Waals surface area contributed by atoms with Gasteiger partial charge in [0.05, 0.1) is 37.4 Å². The zero-order chi connectivity index (χ0) is 14.0. The van der Waals surface area contributed by atoms with Crippen LogP contribution >= 0.6 is 27.7 Å². The summed E-state index contributed by atoms with van der Waals surface area (Å²) in [6.45, 7) is 0. The van der Waals surface area contributed by atoms with Crippen molar-refractivity contribution < 1.29 is 8.42 Å². The zero-order valence-corrected chi connectivity index (χ0v) is 12.8. The Bertz CT molecular complexity index is 689. The first-order valence-corrected chi connectivity index (χ1v) is 7.86. The van der Waals surface area contributed by atoms with Crippen LogP contribution in [-0.2, 0) is 10.0 Å². The number of benzene rings is 2. The molecule has 0 saturated carbocycles. The van der Waals surface area contributed by atoms with Gasteiger partial charge in [0.2, 0.25) is 10.0 Å². The van der Waals surface area contributed by atoms with E-state index in [-0.39, 0.29) is 4.90 Å². The summed E-state index contributed by atoms with van der Waals surface area (Å²) >= 11 is 9.47. The molecule has 0 aliphatic rings. The number of nitrogens with zero attached hydrogens (tertiary/aromatic N) is 1. The third-order valence-electron chi connectivity index (χ3n) is 2.46. The average molecular weight is 362 g/mol. The number of nitrogens with two attached hydrogens (primary N) is 1. The van der Waals surface area contributed by atoms with E-state index >= 15 is 0 Å². The van der Waals surface area contributed by atoms with Crippen molar-refractivity contribution in [1.29, 1.82) is 0 Å². The zero-order valence-electron chi connectivity index (χ0n) is 9.62. The molecule has 0 bridgehead atoms. The fourth-order valence-electron chi connectivity index (χ4n) is 1.52. The number of hydrogen-bond acceptors (Lipinski definition) is 3. The Morgan fingerprint density at radius 2 is 1.63 bits per heavy atom. The van der Waals surface area contributed by atoms with Gasteiger partial charge in [0, 0.05) is 0 Å². The lowest BCUT2D eigenvalue weighted by molar-refractivity contribution is 0.598. The predicted molar refractivity (Wildman–Crippen MR) is 80.3 cm³/mol. The molecule has 100 valence electrons. The minimum atomic E-state index is -3.68. The molecular weight excluding hydrogens is 352 g/mol. The fraction of sp³-hybridized carbons (Fsp3) is 0. The molecule has 0 radical (unpaired) electrons. The van der Waals surface area contributed by atoms with Crippen molar-refractivity contribution in [1.82, 2.24) is 0 Å². The molecule has 0 atom stereocenters. The molecular formula is C12H10BrClN2O2S. The van der Waals surface area contributed by atoms with Crippen molar-refractivity contribution in [3.05, 3.63) is 53.6 Å². The highest BCUT2D eigenvalue weighted by molar-refractivity contribution is 9.10. The molecule has 0 unspecified atom stereocenters. The summed E-state index contributed by atoms with van der Waals surface area (Å²) in [5, 5.41) is 5.62. The van der Waals surface area contributed by atoms with E-state index in [0.29, 0.717) is 5.02 Å². The monoisotopic (exact) mass is 360 g/mol. The van der Waals surface area contributed by atoms with Gasteiger partial charge in [-0.3, -0.25) is 3.93 Å². The second-order valence-corrected chi connectivity index (χ2v) is 6.45. The summed E-state index contributed by atoms with van der Waals surface area (Å²) < 4.78 is 24.0. The van der Waals surface area contributed by atoms with E-state index in [1.165, 1.54) is 12.1 Å². The Hall–Kier alpha value is -1.08. The lowest BCUT2D eigenvalue weighted by Crippen LogP contribution is -2.12. The van der Waals surface area contributed by atoms with Gasteiger partial charge in [-0.05, 0) is 36.4 Å². The van der Waals surface area contributed by atoms with Crippen LogP contribution in [0.4, 0.5) is 11.4 Å². The number of rotatable bonds is 3. The molecule has 0 amide bonds. The van der Waals surface area contributed by atoms with Crippen LogP contribution in [0.15, 0.2) is 53.4 Å². The van der Waals surface area contributed by atoms with E-state index in [1.54, 1.807) is 22.1 Å². The van der Waals surface area contributed by atoms with Crippen LogP contribution in [0, 0.1) is 0 Å². The molecule has 7 heteroatoms. The summed E-state index contributed by atoms with van der Waals surface area (Å²) in [5.74, 6) is 0. The molecule has 2 N–H and O–H groups in total. The summed E-state index contributed by atoms with van der Waals surface area (Å²) in [4.78, 5) is 0.0660. The van der Waals surface area contributed by atoms with E-state index in [0.717, 1.165) is 11.4 Å². The Morgan fingerprint density at radius 1 is 1.05 bits per heavy atom. The Kier molecular flexibility index (Phi) is 4.15. The summed E-state index contributed by atoms with van der Waals surface area (Å²) in [5.41, 5.74) is 1.49. The number of sulfonamides is 1. The second kappa shape index (κ2) is 5.50. The van der Waals surface area contributed by atoms with Crippen LogP contribution in [0.3, 0.4) is 0 Å². The lowest BCUT2D eigenvalue weighted by atomic mass is 10.2.